The van der Waals surface area contributed by atoms with E-state index in [2.05, 4.69) is 4.98 Å². The third-order valence-electron chi connectivity index (χ3n) is 4.24. The molecule has 1 N–H and O–H groups in total. The molecule has 148 valence electrons. The van der Waals surface area contributed by atoms with Crippen LogP contribution in [0.15, 0.2) is 64.4 Å². The predicted octanol–water partition coefficient (Wildman–Crippen LogP) is 7.98. The maximum absolute atomic E-state index is 10.7. The van der Waals surface area contributed by atoms with Crippen molar-refractivity contribution in [1.82, 2.24) is 4.98 Å². The van der Waals surface area contributed by atoms with Crippen LogP contribution in [0.1, 0.15) is 10.8 Å². The molecule has 0 aliphatic carbocycles. The Morgan fingerprint density at radius 1 is 1.00 bits per heavy atom. The maximum atomic E-state index is 10.7. The van der Waals surface area contributed by atoms with Crippen molar-refractivity contribution in [1.29, 1.82) is 5.26 Å². The van der Waals surface area contributed by atoms with Gasteiger partial charge in [-0.3, -0.25) is 0 Å². The Morgan fingerprint density at radius 3 is 2.47 bits per heavy atom. The van der Waals surface area contributed by atoms with Crippen molar-refractivity contribution in [2.24, 2.45) is 0 Å². The fraction of sp³-hybridized carbons (Fsp3) is 0. The number of nitriles is 1. The monoisotopic (exact) mass is 472 g/mol. The van der Waals surface area contributed by atoms with E-state index in [1.165, 1.54) is 11.3 Å². The number of hydrogen-bond donors (Lipinski definition) is 1. The number of allylic oxidation sites excluding steroid dienone is 1. The second-order valence-electron chi connectivity index (χ2n) is 6.17. The molecule has 0 unspecified atom stereocenters. The van der Waals surface area contributed by atoms with Crippen LogP contribution in [0.5, 0.6) is 0 Å². The number of aromatic nitrogens is 1. The van der Waals surface area contributed by atoms with E-state index in [-0.39, 0.29) is 17.1 Å². The molecule has 2 aromatic heterocycles. The minimum atomic E-state index is -0.307. The van der Waals surface area contributed by atoms with Gasteiger partial charge in [-0.1, -0.05) is 46.9 Å². The molecule has 2 aromatic carbocycles. The molecule has 0 aliphatic rings. The van der Waals surface area contributed by atoms with E-state index in [4.69, 9.17) is 39.2 Å². The van der Waals surface area contributed by atoms with Crippen LogP contribution in [0, 0.1) is 11.3 Å². The quantitative estimate of drug-likeness (QED) is 0.241. The number of aliphatic hydroxyl groups is 1. The molecule has 0 fully saturated rings. The van der Waals surface area contributed by atoms with Gasteiger partial charge in [-0.15, -0.1) is 11.3 Å². The van der Waals surface area contributed by atoms with Gasteiger partial charge in [0.25, 0.3) is 0 Å². The average Bonchev–Trinajstić information content (AvgIpc) is 3.41. The first-order valence-corrected chi connectivity index (χ1v) is 10.6. The first kappa shape index (κ1) is 20.5. The number of aliphatic hydroxyl groups excluding tert-OH is 1. The summed E-state index contributed by atoms with van der Waals surface area (Å²) in [6, 6.07) is 17.4. The highest BCUT2D eigenvalue weighted by Crippen LogP contribution is 2.35. The van der Waals surface area contributed by atoms with Gasteiger partial charge in [0.05, 0.1) is 10.7 Å². The summed E-state index contributed by atoms with van der Waals surface area (Å²) < 4.78 is 5.74. The van der Waals surface area contributed by atoms with Crippen molar-refractivity contribution in [3.63, 3.8) is 0 Å². The zero-order chi connectivity index (χ0) is 21.3. The van der Waals surface area contributed by atoms with Gasteiger partial charge in [-0.25, -0.2) is 4.98 Å². The summed E-state index contributed by atoms with van der Waals surface area (Å²) in [5.74, 6) is 0.238. The lowest BCUT2D eigenvalue weighted by Crippen LogP contribution is -1.89. The van der Waals surface area contributed by atoms with Crippen LogP contribution in [0.3, 0.4) is 0 Å². The van der Waals surface area contributed by atoms with Crippen LogP contribution in [0.25, 0.3) is 33.9 Å². The van der Waals surface area contributed by atoms with Crippen LogP contribution in [-0.2, 0) is 0 Å². The lowest BCUT2D eigenvalue weighted by atomic mass is 10.1. The first-order chi connectivity index (χ1) is 14.5. The Balaban J connectivity index is 1.70. The highest BCUT2D eigenvalue weighted by Gasteiger charge is 2.19. The number of rotatable bonds is 4. The summed E-state index contributed by atoms with van der Waals surface area (Å²) >= 11 is 19.4. The molecule has 0 bridgehead atoms. The first-order valence-electron chi connectivity index (χ1n) is 8.57. The highest BCUT2D eigenvalue weighted by atomic mass is 35.5. The number of benzene rings is 2. The number of nitrogens with zero attached hydrogens (tertiary/aromatic N) is 2. The summed E-state index contributed by atoms with van der Waals surface area (Å²) in [4.78, 5) is 4.47. The molecule has 4 aromatic rings. The van der Waals surface area contributed by atoms with Crippen LogP contribution >= 0.6 is 46.1 Å². The topological polar surface area (TPSA) is 70.0 Å². The molecule has 0 atom stereocenters. The maximum Gasteiger partial charge on any atom is 0.179 e. The average molecular weight is 474 g/mol. The highest BCUT2D eigenvalue weighted by molar-refractivity contribution is 7.11. The molecule has 0 saturated heterocycles. The Hall–Kier alpha value is -2.75. The third kappa shape index (κ3) is 4.09. The summed E-state index contributed by atoms with van der Waals surface area (Å²) in [6.45, 7) is 0. The van der Waals surface area contributed by atoms with E-state index in [0.29, 0.717) is 37.1 Å². The fourth-order valence-corrected chi connectivity index (χ4v) is 4.10. The molecule has 30 heavy (non-hydrogen) atoms. The summed E-state index contributed by atoms with van der Waals surface area (Å²) in [6.07, 6.45) is 0. The molecule has 4 nitrogen and oxygen atoms in total. The molecule has 0 amide bonds. The minimum Gasteiger partial charge on any atom is -0.503 e. The van der Waals surface area contributed by atoms with Gasteiger partial charge in [0.1, 0.15) is 22.4 Å². The van der Waals surface area contributed by atoms with Crippen molar-refractivity contribution in [2.45, 2.75) is 0 Å². The largest absolute Gasteiger partial charge is 0.503 e. The fourth-order valence-electron chi connectivity index (χ4n) is 2.76. The number of furan rings is 1. The normalized spacial score (nSPS) is 11.8. The minimum absolute atomic E-state index is 0.0123. The zero-order valence-corrected chi connectivity index (χ0v) is 18.1. The Kier molecular flexibility index (Phi) is 5.85. The van der Waals surface area contributed by atoms with Crippen molar-refractivity contribution in [3.8, 4) is 28.7 Å². The van der Waals surface area contributed by atoms with Gasteiger partial charge in [-0.2, -0.15) is 5.26 Å². The van der Waals surface area contributed by atoms with E-state index < -0.39 is 0 Å². The lowest BCUT2D eigenvalue weighted by Gasteiger charge is -2.02. The number of halogens is 3. The van der Waals surface area contributed by atoms with Gasteiger partial charge in [0, 0.05) is 26.6 Å². The van der Waals surface area contributed by atoms with Crippen molar-refractivity contribution in [2.75, 3.05) is 0 Å². The Morgan fingerprint density at radius 2 is 1.73 bits per heavy atom. The molecule has 0 radical (unpaired) electrons. The van der Waals surface area contributed by atoms with E-state index in [1.54, 1.807) is 42.5 Å². The van der Waals surface area contributed by atoms with Gasteiger partial charge in [0.15, 0.2) is 11.5 Å². The Labute approximate surface area is 191 Å². The molecule has 0 aliphatic heterocycles. The zero-order valence-electron chi connectivity index (χ0n) is 15.1. The molecule has 2 heterocycles. The molecule has 0 spiro atoms. The SMILES string of the molecule is N#CC(=C(O)c1ccc(-c2cc(Cl)ccc2Cl)o1)c1nc(-c2ccc(Cl)cc2)cs1. The van der Waals surface area contributed by atoms with Crippen LogP contribution in [0.2, 0.25) is 15.1 Å². The van der Waals surface area contributed by atoms with E-state index >= 15 is 0 Å². The molecular weight excluding hydrogens is 463 g/mol. The van der Waals surface area contributed by atoms with E-state index in [1.807, 2.05) is 23.6 Å². The van der Waals surface area contributed by atoms with Crippen LogP contribution in [-0.4, -0.2) is 10.1 Å². The second kappa shape index (κ2) is 8.55. The van der Waals surface area contributed by atoms with E-state index in [0.717, 1.165) is 5.56 Å². The van der Waals surface area contributed by atoms with Gasteiger partial charge in [0.2, 0.25) is 0 Å². The van der Waals surface area contributed by atoms with Gasteiger partial charge < -0.3 is 9.52 Å². The molecule has 8 heteroatoms. The lowest BCUT2D eigenvalue weighted by molar-refractivity contribution is 0.466. The van der Waals surface area contributed by atoms with Crippen molar-refractivity contribution < 1.29 is 9.52 Å². The molecule has 4 rings (SSSR count). The smallest absolute Gasteiger partial charge is 0.179 e. The Bertz CT molecular complexity index is 1300. The van der Waals surface area contributed by atoms with Crippen LogP contribution < -0.4 is 0 Å². The number of thiazole rings is 1. The molecule has 0 saturated carbocycles. The standard InChI is InChI=1S/C22H11Cl3N2O2S/c23-13-3-1-12(2-4-13)18-11-30-22(27-18)16(10-26)21(28)20-8-7-19(29-20)15-9-14(24)5-6-17(15)25/h1-9,11,28H. The predicted molar refractivity (Wildman–Crippen MR) is 122 cm³/mol. The summed E-state index contributed by atoms with van der Waals surface area (Å²) in [5, 5.41) is 24.1. The van der Waals surface area contributed by atoms with Crippen molar-refractivity contribution in [3.05, 3.63) is 85.8 Å². The van der Waals surface area contributed by atoms with Gasteiger partial charge in [-0.05, 0) is 42.5 Å². The summed E-state index contributed by atoms with van der Waals surface area (Å²) in [7, 11) is 0. The summed E-state index contributed by atoms with van der Waals surface area (Å²) in [5.41, 5.74) is 2.13. The van der Waals surface area contributed by atoms with Gasteiger partial charge >= 0.3 is 0 Å². The van der Waals surface area contributed by atoms with Crippen LogP contribution in [0.4, 0.5) is 0 Å². The molecular formula is C22H11Cl3N2O2S. The number of hydrogen-bond acceptors (Lipinski definition) is 5. The van der Waals surface area contributed by atoms with E-state index in [9.17, 15) is 10.4 Å². The van der Waals surface area contributed by atoms with Crippen molar-refractivity contribution >= 4 is 57.5 Å². The second-order valence-corrected chi connectivity index (χ2v) is 8.31. The third-order valence-corrected chi connectivity index (χ3v) is 5.92.